The number of esters is 1. The van der Waals surface area contributed by atoms with E-state index in [-0.39, 0.29) is 18.3 Å². The number of thiophene rings is 1. The number of benzene rings is 1. The van der Waals surface area contributed by atoms with Gasteiger partial charge in [0.15, 0.2) is 11.0 Å². The minimum atomic E-state index is -0.485. The number of aromatic nitrogens is 3. The average Bonchev–Trinajstić information content (AvgIpc) is 3.28. The molecule has 0 atom stereocenters. The zero-order valence-corrected chi connectivity index (χ0v) is 19.8. The van der Waals surface area contributed by atoms with E-state index in [1.807, 2.05) is 27.0 Å². The Kier molecular flexibility index (Phi) is 7.58. The van der Waals surface area contributed by atoms with Crippen molar-refractivity contribution in [3.8, 4) is 5.75 Å². The molecular weight excluding hydrogens is 460 g/mol. The number of halogens is 1. The Morgan fingerprint density at radius 3 is 2.74 bits per heavy atom. The molecule has 0 aliphatic rings. The summed E-state index contributed by atoms with van der Waals surface area (Å²) >= 11 is 8.59. The lowest BCUT2D eigenvalue weighted by atomic mass is 10.2. The first-order valence-corrected chi connectivity index (χ1v) is 11.3. The highest BCUT2D eigenvalue weighted by Gasteiger charge is 2.18. The van der Waals surface area contributed by atoms with E-state index < -0.39 is 5.97 Å². The summed E-state index contributed by atoms with van der Waals surface area (Å²) < 4.78 is 12.3. The van der Waals surface area contributed by atoms with Crippen molar-refractivity contribution in [3.05, 3.63) is 51.1 Å². The fraction of sp³-hybridized carbons (Fsp3) is 0.300. The Hall–Kier alpha value is -2.56. The quantitative estimate of drug-likeness (QED) is 0.380. The van der Waals surface area contributed by atoms with Gasteiger partial charge >= 0.3 is 5.97 Å². The minimum Gasteiger partial charge on any atom is -0.486 e. The second-order valence-corrected chi connectivity index (χ2v) is 9.19. The maximum atomic E-state index is 12.4. The van der Waals surface area contributed by atoms with E-state index in [1.165, 1.54) is 30.2 Å². The molecule has 3 rings (SSSR count). The van der Waals surface area contributed by atoms with Crippen LogP contribution in [0.5, 0.6) is 5.75 Å². The number of hydrogen-bond donors (Lipinski definition) is 1. The lowest BCUT2D eigenvalue weighted by molar-refractivity contribution is -0.113. The third kappa shape index (κ3) is 5.78. The molecule has 0 spiro atoms. The molecule has 0 radical (unpaired) electrons. The number of carbonyl (C=O) groups excluding carboxylic acids is 2. The zero-order valence-electron chi connectivity index (χ0n) is 17.4. The number of carbonyl (C=O) groups is 2. The van der Waals surface area contributed by atoms with Gasteiger partial charge in [-0.05, 0) is 43.7 Å². The van der Waals surface area contributed by atoms with E-state index in [4.69, 9.17) is 21.1 Å². The molecule has 2 aromatic heterocycles. The van der Waals surface area contributed by atoms with Crippen LogP contribution in [0.4, 0.5) is 5.00 Å². The lowest BCUT2D eigenvalue weighted by Gasteiger charge is -2.08. The van der Waals surface area contributed by atoms with Gasteiger partial charge in [-0.15, -0.1) is 21.5 Å². The highest BCUT2D eigenvalue weighted by Crippen LogP contribution is 2.29. The van der Waals surface area contributed by atoms with Gasteiger partial charge in [-0.3, -0.25) is 4.79 Å². The summed E-state index contributed by atoms with van der Waals surface area (Å²) in [6.45, 7) is 3.99. The van der Waals surface area contributed by atoms with E-state index in [9.17, 15) is 9.59 Å². The molecule has 2 heterocycles. The molecule has 0 bridgehead atoms. The first kappa shape index (κ1) is 23.1. The van der Waals surface area contributed by atoms with Gasteiger partial charge in [0.2, 0.25) is 5.91 Å². The summed E-state index contributed by atoms with van der Waals surface area (Å²) in [5.41, 5.74) is 1.27. The average molecular weight is 481 g/mol. The number of amides is 1. The Morgan fingerprint density at radius 1 is 1.26 bits per heavy atom. The molecule has 0 saturated heterocycles. The van der Waals surface area contributed by atoms with Gasteiger partial charge in [0, 0.05) is 16.9 Å². The smallest absolute Gasteiger partial charge is 0.340 e. The molecule has 31 heavy (non-hydrogen) atoms. The highest BCUT2D eigenvalue weighted by atomic mass is 35.5. The Balaban J connectivity index is 1.56. The van der Waals surface area contributed by atoms with Crippen LogP contribution in [0.25, 0.3) is 0 Å². The molecule has 164 valence electrons. The Labute approximate surface area is 192 Å². The topological polar surface area (TPSA) is 95.3 Å². The fourth-order valence-corrected chi connectivity index (χ4v) is 4.38. The van der Waals surface area contributed by atoms with E-state index in [0.29, 0.717) is 32.3 Å². The van der Waals surface area contributed by atoms with Crippen molar-refractivity contribution in [1.29, 1.82) is 0 Å². The first-order valence-electron chi connectivity index (χ1n) is 9.17. The van der Waals surface area contributed by atoms with Crippen LogP contribution in [-0.4, -0.2) is 39.5 Å². The summed E-state index contributed by atoms with van der Waals surface area (Å²) in [6, 6.07) is 7.12. The largest absolute Gasteiger partial charge is 0.486 e. The number of anilines is 1. The normalized spacial score (nSPS) is 10.7. The number of rotatable bonds is 8. The minimum absolute atomic E-state index is 0.112. The van der Waals surface area contributed by atoms with E-state index in [1.54, 1.807) is 22.8 Å². The van der Waals surface area contributed by atoms with E-state index in [0.717, 1.165) is 10.4 Å². The third-order valence-corrected chi connectivity index (χ3v) is 6.68. The van der Waals surface area contributed by atoms with Crippen molar-refractivity contribution in [2.75, 3.05) is 18.2 Å². The van der Waals surface area contributed by atoms with Crippen LogP contribution in [0.15, 0.2) is 29.4 Å². The molecule has 0 saturated carbocycles. The van der Waals surface area contributed by atoms with Crippen LogP contribution in [0, 0.1) is 13.8 Å². The zero-order chi connectivity index (χ0) is 22.5. The molecule has 1 amide bonds. The van der Waals surface area contributed by atoms with Gasteiger partial charge < -0.3 is 19.4 Å². The van der Waals surface area contributed by atoms with E-state index in [2.05, 4.69) is 15.5 Å². The maximum absolute atomic E-state index is 12.4. The highest BCUT2D eigenvalue weighted by molar-refractivity contribution is 7.99. The van der Waals surface area contributed by atoms with Crippen molar-refractivity contribution in [3.63, 3.8) is 0 Å². The second kappa shape index (κ2) is 10.2. The van der Waals surface area contributed by atoms with Crippen molar-refractivity contribution in [2.45, 2.75) is 25.6 Å². The third-order valence-electron chi connectivity index (χ3n) is 4.27. The maximum Gasteiger partial charge on any atom is 0.340 e. The van der Waals surface area contributed by atoms with Gasteiger partial charge in [0.1, 0.15) is 17.4 Å². The molecule has 8 nitrogen and oxygen atoms in total. The van der Waals surface area contributed by atoms with Crippen LogP contribution in [0.1, 0.15) is 26.6 Å². The fourth-order valence-electron chi connectivity index (χ4n) is 2.61. The number of methoxy groups -OCH3 is 1. The molecule has 0 aliphatic carbocycles. The number of aryl methyl sites for hydroxylation is 2. The monoisotopic (exact) mass is 480 g/mol. The van der Waals surface area contributed by atoms with Gasteiger partial charge in [-0.25, -0.2) is 4.79 Å². The summed E-state index contributed by atoms with van der Waals surface area (Å²) in [7, 11) is 3.12. The number of nitrogens with one attached hydrogen (secondary N) is 1. The number of hydrogen-bond acceptors (Lipinski definition) is 8. The van der Waals surface area contributed by atoms with Crippen LogP contribution in [0.2, 0.25) is 5.02 Å². The number of ether oxygens (including phenoxy) is 2. The standard InChI is InChI=1S/C20H21ClN4O4S2/c1-11-7-13(5-6-15(11)21)29-9-16-23-24-20(25(16)3)30-10-17(26)22-18-14(19(27)28-4)8-12(2)31-18/h5-8H,9-10H2,1-4H3,(H,22,26). The van der Waals surface area contributed by atoms with Crippen LogP contribution in [-0.2, 0) is 23.2 Å². The molecule has 1 N–H and O–H groups in total. The molecule has 1 aromatic carbocycles. The summed E-state index contributed by atoms with van der Waals surface area (Å²) in [4.78, 5) is 25.1. The van der Waals surface area contributed by atoms with Gasteiger partial charge in [-0.2, -0.15) is 0 Å². The molecular formula is C20H21ClN4O4S2. The van der Waals surface area contributed by atoms with Crippen LogP contribution >= 0.6 is 34.7 Å². The summed E-state index contributed by atoms with van der Waals surface area (Å²) in [5, 5.41) is 12.8. The van der Waals surface area contributed by atoms with Gasteiger partial charge in [0.05, 0.1) is 18.4 Å². The predicted octanol–water partition coefficient (Wildman–Crippen LogP) is 4.24. The molecule has 3 aromatic rings. The number of thioether (sulfide) groups is 1. The Morgan fingerprint density at radius 2 is 2.03 bits per heavy atom. The number of nitrogens with zero attached hydrogens (tertiary/aromatic N) is 3. The van der Waals surface area contributed by atoms with Crippen molar-refractivity contribution >= 4 is 51.6 Å². The van der Waals surface area contributed by atoms with Crippen molar-refractivity contribution < 1.29 is 19.1 Å². The van der Waals surface area contributed by atoms with Crippen LogP contribution < -0.4 is 10.1 Å². The second-order valence-electron chi connectivity index (χ2n) is 6.59. The molecule has 0 aliphatic heterocycles. The molecule has 11 heteroatoms. The van der Waals surface area contributed by atoms with Gasteiger partial charge in [-0.1, -0.05) is 23.4 Å². The van der Waals surface area contributed by atoms with Crippen molar-refractivity contribution in [2.24, 2.45) is 7.05 Å². The van der Waals surface area contributed by atoms with E-state index >= 15 is 0 Å². The molecule has 0 unspecified atom stereocenters. The SMILES string of the molecule is COC(=O)c1cc(C)sc1NC(=O)CSc1nnc(COc2ccc(Cl)c(C)c2)n1C. The summed E-state index contributed by atoms with van der Waals surface area (Å²) in [5.74, 6) is 0.680. The lowest BCUT2D eigenvalue weighted by Crippen LogP contribution is -2.16. The molecule has 0 fully saturated rings. The first-order chi connectivity index (χ1) is 14.8. The van der Waals surface area contributed by atoms with Gasteiger partial charge in [0.25, 0.3) is 0 Å². The van der Waals surface area contributed by atoms with Crippen LogP contribution in [0.3, 0.4) is 0 Å². The Bertz CT molecular complexity index is 1110. The predicted molar refractivity (Wildman–Crippen MR) is 121 cm³/mol. The summed E-state index contributed by atoms with van der Waals surface area (Å²) in [6.07, 6.45) is 0. The van der Waals surface area contributed by atoms with Crippen molar-refractivity contribution in [1.82, 2.24) is 14.8 Å².